The van der Waals surface area contributed by atoms with Gasteiger partial charge in [0, 0.05) is 12.6 Å². The largest absolute Gasteiger partial charge is 0.353 e. The highest BCUT2D eigenvalue weighted by molar-refractivity contribution is 5.87. The molecule has 0 aromatic heterocycles. The topological polar surface area (TPSA) is 29.1 Å². The van der Waals surface area contributed by atoms with Gasteiger partial charge < -0.3 is 5.32 Å². The van der Waals surface area contributed by atoms with Crippen LogP contribution >= 0.6 is 0 Å². The monoisotopic (exact) mass is 207 g/mol. The smallest absolute Gasteiger partial charge is 0.243 e. The number of unbranched alkanes of at least 4 members (excludes halogenated alkanes) is 1. The molecular weight excluding hydrogens is 186 g/mol. The summed E-state index contributed by atoms with van der Waals surface area (Å²) in [6, 6.07) is 0. The van der Waals surface area contributed by atoms with Crippen LogP contribution in [0.2, 0.25) is 0 Å². The molecule has 0 aliphatic carbocycles. The summed E-state index contributed by atoms with van der Waals surface area (Å²) in [6.45, 7) is 4.79. The molecule has 0 spiro atoms. The summed E-state index contributed by atoms with van der Waals surface area (Å²) in [5.41, 5.74) is 0. The average molecular weight is 207 g/mol. The van der Waals surface area contributed by atoms with E-state index in [1.54, 1.807) is 12.2 Å². The van der Waals surface area contributed by atoms with Crippen LogP contribution < -0.4 is 5.32 Å². The molecule has 0 saturated carbocycles. The molecule has 0 rings (SSSR count). The van der Waals surface area contributed by atoms with Gasteiger partial charge in [-0.3, -0.25) is 4.79 Å². The van der Waals surface area contributed by atoms with E-state index in [1.165, 1.54) is 0 Å². The van der Waals surface area contributed by atoms with Crippen LogP contribution in [0.25, 0.3) is 0 Å². The third kappa shape index (κ3) is 10.6. The van der Waals surface area contributed by atoms with Crippen LogP contribution in [0.4, 0.5) is 0 Å². The quantitative estimate of drug-likeness (QED) is 0.296. The highest BCUT2D eigenvalue weighted by Gasteiger charge is 1.89. The van der Waals surface area contributed by atoms with Crippen LogP contribution in [0.15, 0.2) is 36.5 Å². The molecule has 0 aromatic carbocycles. The minimum atomic E-state index is -0.0186. The molecule has 1 N–H and O–H groups in total. The lowest BCUT2D eigenvalue weighted by Gasteiger charge is -1.95. The Hall–Kier alpha value is -1.31. The Bertz CT molecular complexity index is 239. The second-order valence-electron chi connectivity index (χ2n) is 3.22. The van der Waals surface area contributed by atoms with E-state index in [2.05, 4.69) is 17.5 Å². The lowest BCUT2D eigenvalue weighted by atomic mass is 10.2. The Morgan fingerprint density at radius 1 is 1.20 bits per heavy atom. The predicted octanol–water partition coefficient (Wildman–Crippen LogP) is 2.98. The minimum Gasteiger partial charge on any atom is -0.353 e. The van der Waals surface area contributed by atoms with Gasteiger partial charge in [-0.1, -0.05) is 37.3 Å². The zero-order valence-corrected chi connectivity index (χ0v) is 9.70. The first-order chi connectivity index (χ1) is 7.31. The molecule has 0 radical (unpaired) electrons. The predicted molar refractivity (Wildman–Crippen MR) is 65.6 cm³/mol. The van der Waals surface area contributed by atoms with Gasteiger partial charge in [0.2, 0.25) is 5.91 Å². The van der Waals surface area contributed by atoms with Gasteiger partial charge in [-0.2, -0.15) is 0 Å². The van der Waals surface area contributed by atoms with E-state index in [4.69, 9.17) is 0 Å². The van der Waals surface area contributed by atoms with Gasteiger partial charge in [0.05, 0.1) is 0 Å². The standard InChI is InChI=1S/C13H21NO/c1-3-5-6-7-8-9-10-11-13(15)14-12-4-2/h3,5,8-11H,4,6-7,12H2,1-2H3,(H,14,15)/b5-3+,9-8+,11-10+. The summed E-state index contributed by atoms with van der Waals surface area (Å²) in [6.07, 6.45) is 14.5. The zero-order valence-electron chi connectivity index (χ0n) is 9.70. The fraction of sp³-hybridized carbons (Fsp3) is 0.462. The van der Waals surface area contributed by atoms with Gasteiger partial charge in [0.25, 0.3) is 0 Å². The summed E-state index contributed by atoms with van der Waals surface area (Å²) >= 11 is 0. The number of amides is 1. The molecular formula is C13H21NO. The van der Waals surface area contributed by atoms with E-state index < -0.39 is 0 Å². The van der Waals surface area contributed by atoms with Crippen molar-refractivity contribution < 1.29 is 4.79 Å². The third-order valence-electron chi connectivity index (χ3n) is 1.78. The Kier molecular flexibility index (Phi) is 9.83. The molecule has 0 atom stereocenters. The van der Waals surface area contributed by atoms with Gasteiger partial charge in [-0.05, 0) is 26.2 Å². The first-order valence-electron chi connectivity index (χ1n) is 5.53. The van der Waals surface area contributed by atoms with Crippen molar-refractivity contribution in [2.45, 2.75) is 33.1 Å². The lowest BCUT2D eigenvalue weighted by Crippen LogP contribution is -2.21. The van der Waals surface area contributed by atoms with Crippen molar-refractivity contribution in [3.05, 3.63) is 36.5 Å². The van der Waals surface area contributed by atoms with E-state index in [1.807, 2.05) is 26.0 Å². The van der Waals surface area contributed by atoms with Crippen LogP contribution in [0, 0.1) is 0 Å². The number of allylic oxidation sites excluding steroid dienone is 5. The Labute approximate surface area is 92.8 Å². The third-order valence-corrected chi connectivity index (χ3v) is 1.78. The van der Waals surface area contributed by atoms with Crippen molar-refractivity contribution in [3.8, 4) is 0 Å². The number of rotatable bonds is 7. The molecule has 0 saturated heterocycles. The summed E-state index contributed by atoms with van der Waals surface area (Å²) in [4.78, 5) is 11.1. The second kappa shape index (κ2) is 10.8. The molecule has 0 aliphatic heterocycles. The van der Waals surface area contributed by atoms with Gasteiger partial charge in [0.15, 0.2) is 0 Å². The fourth-order valence-electron chi connectivity index (χ4n) is 0.984. The van der Waals surface area contributed by atoms with E-state index in [0.717, 1.165) is 25.8 Å². The van der Waals surface area contributed by atoms with Crippen LogP contribution in [-0.4, -0.2) is 12.5 Å². The second-order valence-corrected chi connectivity index (χ2v) is 3.22. The van der Waals surface area contributed by atoms with Crippen molar-refractivity contribution in [2.24, 2.45) is 0 Å². The van der Waals surface area contributed by atoms with E-state index in [9.17, 15) is 4.79 Å². The maximum atomic E-state index is 11.1. The molecule has 0 heterocycles. The maximum absolute atomic E-state index is 11.1. The van der Waals surface area contributed by atoms with E-state index >= 15 is 0 Å². The molecule has 0 fully saturated rings. The Balaban J connectivity index is 3.55. The molecule has 0 bridgehead atoms. The number of nitrogens with one attached hydrogen (secondary N) is 1. The average Bonchev–Trinajstić information content (AvgIpc) is 2.25. The van der Waals surface area contributed by atoms with Gasteiger partial charge in [0.1, 0.15) is 0 Å². The molecule has 0 aliphatic rings. The van der Waals surface area contributed by atoms with E-state index in [-0.39, 0.29) is 5.91 Å². The minimum absolute atomic E-state index is 0.0186. The van der Waals surface area contributed by atoms with Gasteiger partial charge in [-0.15, -0.1) is 0 Å². The van der Waals surface area contributed by atoms with Crippen LogP contribution in [-0.2, 0) is 4.79 Å². The highest BCUT2D eigenvalue weighted by Crippen LogP contribution is 1.92. The number of hydrogen-bond donors (Lipinski definition) is 1. The van der Waals surface area contributed by atoms with Crippen LogP contribution in [0.3, 0.4) is 0 Å². The van der Waals surface area contributed by atoms with E-state index in [0.29, 0.717) is 0 Å². The van der Waals surface area contributed by atoms with Gasteiger partial charge in [-0.25, -0.2) is 0 Å². The molecule has 2 nitrogen and oxygen atoms in total. The van der Waals surface area contributed by atoms with Crippen LogP contribution in [0.5, 0.6) is 0 Å². The highest BCUT2D eigenvalue weighted by atomic mass is 16.1. The first kappa shape index (κ1) is 13.7. The molecule has 1 amide bonds. The fourth-order valence-corrected chi connectivity index (χ4v) is 0.984. The van der Waals surface area contributed by atoms with Crippen LogP contribution in [0.1, 0.15) is 33.1 Å². The summed E-state index contributed by atoms with van der Waals surface area (Å²) < 4.78 is 0. The van der Waals surface area contributed by atoms with Crippen molar-refractivity contribution in [2.75, 3.05) is 6.54 Å². The first-order valence-corrected chi connectivity index (χ1v) is 5.53. The summed E-state index contributed by atoms with van der Waals surface area (Å²) in [7, 11) is 0. The Morgan fingerprint density at radius 3 is 2.60 bits per heavy atom. The molecule has 0 unspecified atom stereocenters. The Morgan fingerprint density at radius 2 is 1.93 bits per heavy atom. The summed E-state index contributed by atoms with van der Waals surface area (Å²) in [5.74, 6) is -0.0186. The number of carbonyl (C=O) groups excluding carboxylic acids is 1. The van der Waals surface area contributed by atoms with Crippen molar-refractivity contribution in [3.63, 3.8) is 0 Å². The lowest BCUT2D eigenvalue weighted by molar-refractivity contribution is -0.116. The molecule has 0 aromatic rings. The zero-order chi connectivity index (χ0) is 11.4. The number of carbonyl (C=O) groups is 1. The summed E-state index contributed by atoms with van der Waals surface area (Å²) in [5, 5.41) is 2.77. The van der Waals surface area contributed by atoms with Crippen molar-refractivity contribution in [1.82, 2.24) is 5.32 Å². The van der Waals surface area contributed by atoms with Gasteiger partial charge >= 0.3 is 0 Å². The number of hydrogen-bond acceptors (Lipinski definition) is 1. The maximum Gasteiger partial charge on any atom is 0.243 e. The van der Waals surface area contributed by atoms with Crippen molar-refractivity contribution >= 4 is 5.91 Å². The molecule has 15 heavy (non-hydrogen) atoms. The van der Waals surface area contributed by atoms with Crippen molar-refractivity contribution in [1.29, 1.82) is 0 Å². The SMILES string of the molecule is C/C=C/CC/C=C/C=C/C(=O)NCCC. The molecule has 2 heteroatoms. The molecule has 84 valence electrons. The normalized spacial score (nSPS) is 11.9.